The van der Waals surface area contributed by atoms with Crippen LogP contribution in [0.2, 0.25) is 5.02 Å². The van der Waals surface area contributed by atoms with Crippen molar-refractivity contribution in [2.24, 2.45) is 0 Å². The van der Waals surface area contributed by atoms with Gasteiger partial charge in [-0.1, -0.05) is 60.1 Å². The van der Waals surface area contributed by atoms with Gasteiger partial charge in [-0.05, 0) is 59.7 Å². The number of hydrogen-bond acceptors (Lipinski definition) is 6. The summed E-state index contributed by atoms with van der Waals surface area (Å²) >= 11 is 6.20. The summed E-state index contributed by atoms with van der Waals surface area (Å²) in [5, 5.41) is 3.30. The lowest BCUT2D eigenvalue weighted by molar-refractivity contribution is -0.130. The summed E-state index contributed by atoms with van der Waals surface area (Å²) in [6, 6.07) is 26.2. The molecule has 4 aromatic rings. The van der Waals surface area contributed by atoms with E-state index < -0.39 is 6.04 Å². The van der Waals surface area contributed by atoms with Gasteiger partial charge in [0.25, 0.3) is 0 Å². The van der Waals surface area contributed by atoms with E-state index >= 15 is 0 Å². The lowest BCUT2D eigenvalue weighted by Crippen LogP contribution is -2.52. The third-order valence-corrected chi connectivity index (χ3v) is 8.10. The van der Waals surface area contributed by atoms with Gasteiger partial charge in [0.1, 0.15) is 29.2 Å². The van der Waals surface area contributed by atoms with Gasteiger partial charge in [0.15, 0.2) is 5.78 Å². The van der Waals surface area contributed by atoms with Crippen LogP contribution in [-0.2, 0) is 33.9 Å². The Morgan fingerprint density at radius 3 is 2.11 bits per heavy atom. The van der Waals surface area contributed by atoms with Crippen molar-refractivity contribution in [2.75, 3.05) is 39.3 Å². The zero-order valence-electron chi connectivity index (χ0n) is 25.3. The number of amides is 1. The molecule has 0 radical (unpaired) electrons. The third kappa shape index (κ3) is 9.92. The van der Waals surface area contributed by atoms with Crippen LogP contribution in [0.1, 0.15) is 16.7 Å². The second-order valence-corrected chi connectivity index (χ2v) is 11.6. The summed E-state index contributed by atoms with van der Waals surface area (Å²) in [6.07, 6.45) is 0.0910. The van der Waals surface area contributed by atoms with Crippen molar-refractivity contribution < 1.29 is 27.8 Å². The normalized spacial score (nSPS) is 14.5. The summed E-state index contributed by atoms with van der Waals surface area (Å²) in [7, 11) is 0. The van der Waals surface area contributed by atoms with Crippen molar-refractivity contribution >= 4 is 23.3 Å². The summed E-state index contributed by atoms with van der Waals surface area (Å²) in [4.78, 5) is 30.7. The summed E-state index contributed by atoms with van der Waals surface area (Å²) in [6.45, 7) is 3.42. The van der Waals surface area contributed by atoms with Crippen LogP contribution in [0.25, 0.3) is 0 Å². The van der Waals surface area contributed by atoms with Crippen molar-refractivity contribution in [3.8, 4) is 11.5 Å². The molecule has 1 heterocycles. The van der Waals surface area contributed by atoms with Crippen LogP contribution in [0.15, 0.2) is 97.1 Å². The number of benzene rings is 4. The lowest BCUT2D eigenvalue weighted by atomic mass is 10.0. The highest BCUT2D eigenvalue weighted by atomic mass is 35.5. The second-order valence-electron chi connectivity index (χ2n) is 11.2. The minimum absolute atomic E-state index is 0.0302. The number of rotatable bonds is 14. The number of Topliss-reactive ketones (excluding diaryl/α,β-unsaturated/α-hetero) is 1. The molecular weight excluding hydrogens is 612 g/mol. The first kappa shape index (κ1) is 33.2. The molecule has 0 spiro atoms. The van der Waals surface area contributed by atoms with E-state index in [1.807, 2.05) is 35.2 Å². The molecule has 0 aliphatic carbocycles. The molecule has 46 heavy (non-hydrogen) atoms. The summed E-state index contributed by atoms with van der Waals surface area (Å²) in [5.74, 6) is -0.0692. The average molecular weight is 648 g/mol. The number of nitrogens with zero attached hydrogens (tertiary/aromatic N) is 2. The molecule has 10 heteroatoms. The van der Waals surface area contributed by atoms with Crippen LogP contribution in [-0.4, -0.2) is 66.9 Å². The molecule has 1 aliphatic rings. The van der Waals surface area contributed by atoms with Crippen LogP contribution >= 0.6 is 11.6 Å². The maximum absolute atomic E-state index is 14.2. The molecule has 240 valence electrons. The Kier molecular flexibility index (Phi) is 11.9. The van der Waals surface area contributed by atoms with Gasteiger partial charge < -0.3 is 14.8 Å². The molecule has 0 saturated carbocycles. The van der Waals surface area contributed by atoms with Crippen molar-refractivity contribution in [3.63, 3.8) is 0 Å². The number of ether oxygens (including phenoxy) is 2. The maximum atomic E-state index is 14.2. The molecule has 1 amide bonds. The molecule has 0 unspecified atom stereocenters. The number of ketones is 1. The Morgan fingerprint density at radius 2 is 1.43 bits per heavy atom. The second kappa shape index (κ2) is 16.4. The SMILES string of the molecule is O=C(CN1CCN(Cc2c(F)cccc2Cl)CC1)N[C@@H](COCc1ccccc1)C(=O)Cc1ccc(Oc2ccc(F)cc2)cc1. The quantitative estimate of drug-likeness (QED) is 0.180. The monoisotopic (exact) mass is 647 g/mol. The van der Waals surface area contributed by atoms with Gasteiger partial charge in [0, 0.05) is 49.7 Å². The smallest absolute Gasteiger partial charge is 0.234 e. The maximum Gasteiger partial charge on any atom is 0.234 e. The van der Waals surface area contributed by atoms with E-state index in [1.165, 1.54) is 30.3 Å². The average Bonchev–Trinajstić information content (AvgIpc) is 3.05. The number of carbonyl (C=O) groups excluding carboxylic acids is 2. The third-order valence-electron chi connectivity index (χ3n) is 7.75. The van der Waals surface area contributed by atoms with E-state index in [9.17, 15) is 18.4 Å². The minimum atomic E-state index is -0.837. The van der Waals surface area contributed by atoms with Crippen LogP contribution in [0.4, 0.5) is 8.78 Å². The number of carbonyl (C=O) groups is 2. The Morgan fingerprint density at radius 1 is 0.783 bits per heavy atom. The van der Waals surface area contributed by atoms with Crippen molar-refractivity contribution in [3.05, 3.63) is 130 Å². The van der Waals surface area contributed by atoms with Crippen LogP contribution in [0.5, 0.6) is 11.5 Å². The van der Waals surface area contributed by atoms with Crippen LogP contribution in [0, 0.1) is 11.6 Å². The van der Waals surface area contributed by atoms with E-state index in [0.29, 0.717) is 61.4 Å². The fourth-order valence-electron chi connectivity index (χ4n) is 5.18. The molecule has 1 fully saturated rings. The number of piperazine rings is 1. The lowest BCUT2D eigenvalue weighted by Gasteiger charge is -2.34. The molecular formula is C36H36ClF2N3O4. The van der Waals surface area contributed by atoms with Gasteiger partial charge >= 0.3 is 0 Å². The van der Waals surface area contributed by atoms with E-state index in [-0.39, 0.29) is 42.9 Å². The number of nitrogens with one attached hydrogen (secondary N) is 1. The zero-order valence-corrected chi connectivity index (χ0v) is 26.1. The standard InChI is InChI=1S/C36H36ClF2N3O4/c37-32-7-4-8-33(39)31(32)22-41-17-19-42(20-18-41)23-36(44)40-34(25-45-24-27-5-2-1-3-6-27)35(43)21-26-9-13-29(14-10-26)46-30-15-11-28(38)12-16-30/h1-16,34H,17-25H2,(H,40,44)/t34-/m0/s1. The summed E-state index contributed by atoms with van der Waals surface area (Å²) in [5.41, 5.74) is 2.19. The first-order valence-electron chi connectivity index (χ1n) is 15.2. The first-order valence-corrected chi connectivity index (χ1v) is 15.5. The molecule has 1 saturated heterocycles. The van der Waals surface area contributed by atoms with Gasteiger partial charge in [-0.2, -0.15) is 0 Å². The highest BCUT2D eigenvalue weighted by Gasteiger charge is 2.25. The Bertz CT molecular complexity index is 1560. The van der Waals surface area contributed by atoms with Crippen molar-refractivity contribution in [1.82, 2.24) is 15.1 Å². The Balaban J connectivity index is 1.14. The topological polar surface area (TPSA) is 71.1 Å². The number of hydrogen-bond donors (Lipinski definition) is 1. The van der Waals surface area contributed by atoms with Gasteiger partial charge in [-0.3, -0.25) is 19.4 Å². The minimum Gasteiger partial charge on any atom is -0.457 e. The van der Waals surface area contributed by atoms with Gasteiger partial charge in [-0.15, -0.1) is 0 Å². The van der Waals surface area contributed by atoms with Gasteiger partial charge in [0.05, 0.1) is 19.8 Å². The molecule has 7 nitrogen and oxygen atoms in total. The van der Waals surface area contributed by atoms with Crippen molar-refractivity contribution in [1.29, 1.82) is 0 Å². The Labute approximate surface area is 272 Å². The molecule has 1 atom stereocenters. The fourth-order valence-corrected chi connectivity index (χ4v) is 5.40. The predicted molar refractivity (Wildman–Crippen MR) is 173 cm³/mol. The summed E-state index contributed by atoms with van der Waals surface area (Å²) < 4.78 is 39.1. The van der Waals surface area contributed by atoms with E-state index in [4.69, 9.17) is 21.1 Å². The highest BCUT2D eigenvalue weighted by molar-refractivity contribution is 6.31. The molecule has 0 aromatic heterocycles. The van der Waals surface area contributed by atoms with Crippen LogP contribution in [0.3, 0.4) is 0 Å². The first-order chi connectivity index (χ1) is 22.3. The van der Waals surface area contributed by atoms with Gasteiger partial charge in [0.2, 0.25) is 5.91 Å². The molecule has 0 bridgehead atoms. The van der Waals surface area contributed by atoms with Crippen molar-refractivity contribution in [2.45, 2.75) is 25.6 Å². The van der Waals surface area contributed by atoms with E-state index in [0.717, 1.165) is 11.1 Å². The molecule has 5 rings (SSSR count). The highest BCUT2D eigenvalue weighted by Crippen LogP contribution is 2.23. The van der Waals surface area contributed by atoms with E-state index in [1.54, 1.807) is 36.4 Å². The van der Waals surface area contributed by atoms with Gasteiger partial charge in [-0.25, -0.2) is 8.78 Å². The zero-order chi connectivity index (χ0) is 32.3. The molecule has 1 N–H and O–H groups in total. The predicted octanol–water partition coefficient (Wildman–Crippen LogP) is 6.04. The Hall–Kier alpha value is -4.15. The van der Waals surface area contributed by atoms with Crippen LogP contribution < -0.4 is 10.1 Å². The van der Waals surface area contributed by atoms with E-state index in [2.05, 4.69) is 10.2 Å². The number of halogens is 3. The fraction of sp³-hybridized carbons (Fsp3) is 0.278. The molecule has 1 aliphatic heterocycles. The largest absolute Gasteiger partial charge is 0.457 e. The molecule has 4 aromatic carbocycles.